The van der Waals surface area contributed by atoms with Crippen molar-refractivity contribution in [3.63, 3.8) is 0 Å². The van der Waals surface area contributed by atoms with Gasteiger partial charge in [-0.05, 0) is 22.6 Å². The van der Waals surface area contributed by atoms with Crippen molar-refractivity contribution in [3.8, 4) is 17.1 Å². The van der Waals surface area contributed by atoms with Crippen molar-refractivity contribution in [1.82, 2.24) is 9.97 Å². The van der Waals surface area contributed by atoms with E-state index in [1.54, 1.807) is 7.11 Å². The molecule has 0 bridgehead atoms. The van der Waals surface area contributed by atoms with Crippen molar-refractivity contribution in [2.75, 3.05) is 12.8 Å². The zero-order valence-electron chi connectivity index (χ0n) is 8.64. The second kappa shape index (κ2) is 4.65. The van der Waals surface area contributed by atoms with Crippen LogP contribution in [0.15, 0.2) is 30.3 Å². The Hall–Kier alpha value is -1.37. The van der Waals surface area contributed by atoms with E-state index in [0.29, 0.717) is 5.88 Å². The van der Waals surface area contributed by atoms with Gasteiger partial charge in [0.1, 0.15) is 3.57 Å². The van der Waals surface area contributed by atoms with Gasteiger partial charge in [0, 0.05) is 5.56 Å². The van der Waals surface area contributed by atoms with E-state index in [-0.39, 0.29) is 5.95 Å². The predicted octanol–water partition coefficient (Wildman–Crippen LogP) is 2.34. The third kappa shape index (κ3) is 2.08. The van der Waals surface area contributed by atoms with Crippen LogP contribution in [0.4, 0.5) is 5.95 Å². The number of benzene rings is 1. The van der Waals surface area contributed by atoms with Crippen LogP contribution in [0.5, 0.6) is 5.88 Å². The Morgan fingerprint density at radius 2 is 1.88 bits per heavy atom. The summed E-state index contributed by atoms with van der Waals surface area (Å²) in [6.07, 6.45) is 0. The topological polar surface area (TPSA) is 61.0 Å². The number of methoxy groups -OCH3 is 1. The van der Waals surface area contributed by atoms with Gasteiger partial charge in [0.2, 0.25) is 11.8 Å². The van der Waals surface area contributed by atoms with E-state index in [0.717, 1.165) is 14.8 Å². The van der Waals surface area contributed by atoms with Crippen molar-refractivity contribution >= 4 is 28.5 Å². The molecule has 0 aliphatic heterocycles. The third-order valence-corrected chi connectivity index (χ3v) is 3.05. The first-order valence-electron chi connectivity index (χ1n) is 4.65. The Bertz CT molecular complexity index is 502. The normalized spacial score (nSPS) is 10.1. The molecule has 0 saturated heterocycles. The highest BCUT2D eigenvalue weighted by atomic mass is 127. The van der Waals surface area contributed by atoms with Gasteiger partial charge in [0.25, 0.3) is 0 Å². The number of nitrogen functional groups attached to an aromatic ring is 1. The largest absolute Gasteiger partial charge is 0.480 e. The highest BCUT2D eigenvalue weighted by Gasteiger charge is 2.12. The zero-order chi connectivity index (χ0) is 11.5. The van der Waals surface area contributed by atoms with Crippen molar-refractivity contribution in [1.29, 1.82) is 0 Å². The van der Waals surface area contributed by atoms with Crippen LogP contribution in [0.2, 0.25) is 0 Å². The van der Waals surface area contributed by atoms with Gasteiger partial charge in [-0.3, -0.25) is 0 Å². The van der Waals surface area contributed by atoms with Crippen LogP contribution in [0, 0.1) is 3.57 Å². The minimum absolute atomic E-state index is 0.219. The number of hydrogen-bond acceptors (Lipinski definition) is 4. The number of rotatable bonds is 2. The number of anilines is 1. The summed E-state index contributed by atoms with van der Waals surface area (Å²) in [7, 11) is 1.57. The molecule has 0 amide bonds. The summed E-state index contributed by atoms with van der Waals surface area (Å²) in [5, 5.41) is 0. The second-order valence-corrected chi connectivity index (χ2v) is 4.20. The van der Waals surface area contributed by atoms with Crippen molar-refractivity contribution in [3.05, 3.63) is 33.9 Å². The molecule has 0 aliphatic rings. The van der Waals surface area contributed by atoms with Crippen molar-refractivity contribution in [2.45, 2.75) is 0 Å². The third-order valence-electron chi connectivity index (χ3n) is 2.08. The summed E-state index contributed by atoms with van der Waals surface area (Å²) >= 11 is 2.16. The Labute approximate surface area is 107 Å². The van der Waals surface area contributed by atoms with E-state index in [2.05, 4.69) is 32.6 Å². The molecule has 0 fully saturated rings. The highest BCUT2D eigenvalue weighted by molar-refractivity contribution is 14.1. The van der Waals surface area contributed by atoms with Crippen LogP contribution in [-0.4, -0.2) is 17.1 Å². The first-order valence-corrected chi connectivity index (χ1v) is 5.72. The molecule has 0 saturated carbocycles. The summed E-state index contributed by atoms with van der Waals surface area (Å²) in [5.41, 5.74) is 7.43. The lowest BCUT2D eigenvalue weighted by Crippen LogP contribution is -2.02. The lowest BCUT2D eigenvalue weighted by molar-refractivity contribution is 0.394. The number of nitrogens with two attached hydrogens (primary N) is 1. The van der Waals surface area contributed by atoms with Gasteiger partial charge < -0.3 is 10.5 Å². The van der Waals surface area contributed by atoms with E-state index >= 15 is 0 Å². The average molecular weight is 327 g/mol. The molecular weight excluding hydrogens is 317 g/mol. The molecule has 16 heavy (non-hydrogen) atoms. The minimum Gasteiger partial charge on any atom is -0.480 e. The molecule has 1 aromatic carbocycles. The summed E-state index contributed by atoms with van der Waals surface area (Å²) in [6.45, 7) is 0. The van der Waals surface area contributed by atoms with E-state index in [9.17, 15) is 0 Å². The molecule has 5 heteroatoms. The predicted molar refractivity (Wildman–Crippen MR) is 71.1 cm³/mol. The van der Waals surface area contributed by atoms with Gasteiger partial charge in [-0.25, -0.2) is 4.98 Å². The molecule has 0 atom stereocenters. The highest BCUT2D eigenvalue weighted by Crippen LogP contribution is 2.29. The van der Waals surface area contributed by atoms with E-state index in [4.69, 9.17) is 10.5 Å². The maximum Gasteiger partial charge on any atom is 0.232 e. The maximum absolute atomic E-state index is 5.64. The summed E-state index contributed by atoms with van der Waals surface area (Å²) < 4.78 is 6.01. The number of ether oxygens (including phenoxy) is 1. The fraction of sp³-hybridized carbons (Fsp3) is 0.0909. The maximum atomic E-state index is 5.64. The first kappa shape index (κ1) is 11.1. The van der Waals surface area contributed by atoms with Crippen LogP contribution in [0.3, 0.4) is 0 Å². The van der Waals surface area contributed by atoms with Crippen LogP contribution < -0.4 is 10.5 Å². The molecule has 0 aliphatic carbocycles. The lowest BCUT2D eigenvalue weighted by atomic mass is 10.1. The Morgan fingerprint density at radius 1 is 1.19 bits per heavy atom. The SMILES string of the molecule is COc1nc(N)nc(-c2ccccc2)c1I. The van der Waals surface area contributed by atoms with Crippen LogP contribution in [-0.2, 0) is 0 Å². The lowest BCUT2D eigenvalue weighted by Gasteiger charge is -2.08. The van der Waals surface area contributed by atoms with Gasteiger partial charge in [-0.2, -0.15) is 4.98 Å². The Balaban J connectivity index is 2.61. The minimum atomic E-state index is 0.219. The standard InChI is InChI=1S/C11H10IN3O/c1-16-10-8(12)9(14-11(13)15-10)7-5-3-2-4-6-7/h2-6H,1H3,(H2,13,14,15). The van der Waals surface area contributed by atoms with E-state index in [1.165, 1.54) is 0 Å². The van der Waals surface area contributed by atoms with Gasteiger partial charge >= 0.3 is 0 Å². The van der Waals surface area contributed by atoms with Gasteiger partial charge in [0.15, 0.2) is 0 Å². The molecule has 0 radical (unpaired) electrons. The molecule has 0 unspecified atom stereocenters. The number of nitrogens with zero attached hydrogens (tertiary/aromatic N) is 2. The van der Waals surface area contributed by atoms with E-state index < -0.39 is 0 Å². The Morgan fingerprint density at radius 3 is 2.50 bits per heavy atom. The second-order valence-electron chi connectivity index (χ2n) is 3.12. The van der Waals surface area contributed by atoms with Gasteiger partial charge in [0.05, 0.1) is 12.8 Å². The molecule has 1 heterocycles. The molecule has 0 spiro atoms. The molecule has 2 rings (SSSR count). The molecule has 4 nitrogen and oxygen atoms in total. The molecule has 2 aromatic rings. The van der Waals surface area contributed by atoms with Gasteiger partial charge in [-0.15, -0.1) is 0 Å². The molecule has 82 valence electrons. The summed E-state index contributed by atoms with van der Waals surface area (Å²) in [5.74, 6) is 0.725. The van der Waals surface area contributed by atoms with Crippen molar-refractivity contribution < 1.29 is 4.74 Å². The van der Waals surface area contributed by atoms with Crippen LogP contribution in [0.25, 0.3) is 11.3 Å². The smallest absolute Gasteiger partial charge is 0.232 e. The first-order chi connectivity index (χ1) is 7.72. The average Bonchev–Trinajstić information content (AvgIpc) is 2.33. The summed E-state index contributed by atoms with van der Waals surface area (Å²) in [4.78, 5) is 8.25. The zero-order valence-corrected chi connectivity index (χ0v) is 10.8. The molecular formula is C11H10IN3O. The number of hydrogen-bond donors (Lipinski definition) is 1. The monoisotopic (exact) mass is 327 g/mol. The van der Waals surface area contributed by atoms with Crippen LogP contribution >= 0.6 is 22.6 Å². The number of aromatic nitrogens is 2. The fourth-order valence-corrected chi connectivity index (χ4v) is 2.14. The summed E-state index contributed by atoms with van der Waals surface area (Å²) in [6, 6.07) is 9.82. The fourth-order valence-electron chi connectivity index (χ4n) is 1.37. The van der Waals surface area contributed by atoms with Crippen molar-refractivity contribution in [2.24, 2.45) is 0 Å². The van der Waals surface area contributed by atoms with Gasteiger partial charge in [-0.1, -0.05) is 30.3 Å². The van der Waals surface area contributed by atoms with E-state index in [1.807, 2.05) is 30.3 Å². The van der Waals surface area contributed by atoms with Crippen LogP contribution in [0.1, 0.15) is 0 Å². The molecule has 1 aromatic heterocycles. The number of halogens is 1. The quantitative estimate of drug-likeness (QED) is 0.860. The molecule has 2 N–H and O–H groups in total. The Kier molecular flexibility index (Phi) is 3.23.